The second-order valence-electron chi connectivity index (χ2n) is 5.90. The van der Waals surface area contributed by atoms with E-state index in [-0.39, 0.29) is 0 Å². The molecule has 0 spiro atoms. The zero-order chi connectivity index (χ0) is 16.8. The Labute approximate surface area is 143 Å². The molecule has 0 radical (unpaired) electrons. The molecule has 1 aromatic heterocycles. The van der Waals surface area contributed by atoms with E-state index >= 15 is 0 Å². The SMILES string of the molecule is C=CCNc1nccc(Nc2ccc(N3CCN(C)CC3)cc2)n1. The van der Waals surface area contributed by atoms with Crippen LogP contribution < -0.4 is 15.5 Å². The van der Waals surface area contributed by atoms with Gasteiger partial charge in [0.1, 0.15) is 5.82 Å². The molecule has 1 fully saturated rings. The monoisotopic (exact) mass is 324 g/mol. The zero-order valence-electron chi connectivity index (χ0n) is 14.1. The summed E-state index contributed by atoms with van der Waals surface area (Å²) in [5.74, 6) is 1.36. The largest absolute Gasteiger partial charge is 0.369 e. The number of hydrogen-bond donors (Lipinski definition) is 2. The minimum atomic E-state index is 0.592. The van der Waals surface area contributed by atoms with Gasteiger partial charge in [0.15, 0.2) is 0 Å². The molecule has 0 saturated carbocycles. The fourth-order valence-electron chi connectivity index (χ4n) is 2.65. The van der Waals surface area contributed by atoms with Crippen LogP contribution in [0.25, 0.3) is 0 Å². The number of hydrogen-bond acceptors (Lipinski definition) is 6. The van der Waals surface area contributed by atoms with E-state index in [1.54, 1.807) is 12.3 Å². The highest BCUT2D eigenvalue weighted by molar-refractivity contribution is 5.61. The van der Waals surface area contributed by atoms with Gasteiger partial charge >= 0.3 is 0 Å². The number of piperazine rings is 1. The molecule has 6 heteroatoms. The number of nitrogens with zero attached hydrogens (tertiary/aromatic N) is 4. The average molecular weight is 324 g/mol. The summed E-state index contributed by atoms with van der Waals surface area (Å²) in [7, 11) is 2.17. The lowest BCUT2D eigenvalue weighted by Gasteiger charge is -2.34. The van der Waals surface area contributed by atoms with Crippen molar-refractivity contribution in [1.82, 2.24) is 14.9 Å². The predicted molar refractivity (Wildman–Crippen MR) is 100 cm³/mol. The van der Waals surface area contributed by atoms with Crippen LogP contribution in [-0.2, 0) is 0 Å². The van der Waals surface area contributed by atoms with Gasteiger partial charge in [0.05, 0.1) is 0 Å². The van der Waals surface area contributed by atoms with Crippen LogP contribution in [0, 0.1) is 0 Å². The molecule has 6 nitrogen and oxygen atoms in total. The Morgan fingerprint density at radius 3 is 2.58 bits per heavy atom. The average Bonchev–Trinajstić information content (AvgIpc) is 2.62. The number of anilines is 4. The first-order chi connectivity index (χ1) is 11.7. The van der Waals surface area contributed by atoms with Crippen molar-refractivity contribution in [3.05, 3.63) is 49.2 Å². The maximum atomic E-state index is 4.43. The van der Waals surface area contributed by atoms with Crippen molar-refractivity contribution in [2.75, 3.05) is 55.3 Å². The summed E-state index contributed by atoms with van der Waals surface area (Å²) in [5.41, 5.74) is 2.28. The molecular weight excluding hydrogens is 300 g/mol. The van der Waals surface area contributed by atoms with Crippen LogP contribution in [0.5, 0.6) is 0 Å². The molecule has 3 rings (SSSR count). The van der Waals surface area contributed by atoms with Crippen LogP contribution in [0.1, 0.15) is 0 Å². The van der Waals surface area contributed by atoms with E-state index in [4.69, 9.17) is 0 Å². The second kappa shape index (κ2) is 7.79. The van der Waals surface area contributed by atoms with Gasteiger partial charge in [-0.3, -0.25) is 0 Å². The number of benzene rings is 1. The first kappa shape index (κ1) is 16.3. The maximum Gasteiger partial charge on any atom is 0.224 e. The van der Waals surface area contributed by atoms with Gasteiger partial charge in [0.25, 0.3) is 0 Å². The van der Waals surface area contributed by atoms with Gasteiger partial charge in [-0.25, -0.2) is 4.98 Å². The van der Waals surface area contributed by atoms with E-state index in [1.807, 2.05) is 6.07 Å². The molecule has 1 saturated heterocycles. The Bertz CT molecular complexity index is 661. The number of rotatable bonds is 6. The fourth-order valence-corrected chi connectivity index (χ4v) is 2.65. The molecule has 2 heterocycles. The van der Waals surface area contributed by atoms with Crippen LogP contribution in [0.15, 0.2) is 49.2 Å². The van der Waals surface area contributed by atoms with Crippen LogP contribution in [0.2, 0.25) is 0 Å². The van der Waals surface area contributed by atoms with Crippen molar-refractivity contribution in [2.24, 2.45) is 0 Å². The number of nitrogens with one attached hydrogen (secondary N) is 2. The van der Waals surface area contributed by atoms with E-state index < -0.39 is 0 Å². The first-order valence-corrected chi connectivity index (χ1v) is 8.23. The highest BCUT2D eigenvalue weighted by Gasteiger charge is 2.13. The maximum absolute atomic E-state index is 4.43. The van der Waals surface area contributed by atoms with E-state index in [0.717, 1.165) is 37.7 Å². The molecule has 0 atom stereocenters. The Hall–Kier alpha value is -2.60. The second-order valence-corrected chi connectivity index (χ2v) is 5.90. The highest BCUT2D eigenvalue weighted by atomic mass is 15.2. The topological polar surface area (TPSA) is 56.3 Å². The molecule has 0 bridgehead atoms. The summed E-state index contributed by atoms with van der Waals surface area (Å²) in [6.45, 7) is 8.70. The minimum absolute atomic E-state index is 0.592. The molecule has 1 aromatic carbocycles. The summed E-state index contributed by atoms with van der Waals surface area (Å²) in [4.78, 5) is 13.4. The number of likely N-dealkylation sites (N-methyl/N-ethyl adjacent to an activating group) is 1. The van der Waals surface area contributed by atoms with Gasteiger partial charge in [-0.2, -0.15) is 4.98 Å². The molecule has 126 valence electrons. The van der Waals surface area contributed by atoms with Crippen molar-refractivity contribution >= 4 is 23.1 Å². The van der Waals surface area contributed by atoms with E-state index in [9.17, 15) is 0 Å². The molecule has 2 aromatic rings. The first-order valence-electron chi connectivity index (χ1n) is 8.23. The van der Waals surface area contributed by atoms with Crippen molar-refractivity contribution in [1.29, 1.82) is 0 Å². The molecule has 1 aliphatic heterocycles. The van der Waals surface area contributed by atoms with E-state index in [2.05, 4.69) is 68.3 Å². The predicted octanol–water partition coefficient (Wildman–Crippen LogP) is 2.57. The van der Waals surface area contributed by atoms with Gasteiger partial charge in [0, 0.05) is 50.3 Å². The lowest BCUT2D eigenvalue weighted by Crippen LogP contribution is -2.44. The third-order valence-electron chi connectivity index (χ3n) is 4.07. The zero-order valence-corrected chi connectivity index (χ0v) is 14.1. The van der Waals surface area contributed by atoms with Crippen molar-refractivity contribution < 1.29 is 0 Å². The Balaban J connectivity index is 1.62. The van der Waals surface area contributed by atoms with Gasteiger partial charge in [-0.05, 0) is 37.4 Å². The van der Waals surface area contributed by atoms with Crippen molar-refractivity contribution in [3.8, 4) is 0 Å². The van der Waals surface area contributed by atoms with Gasteiger partial charge in [-0.15, -0.1) is 6.58 Å². The quantitative estimate of drug-likeness (QED) is 0.797. The minimum Gasteiger partial charge on any atom is -0.369 e. The summed E-state index contributed by atoms with van der Waals surface area (Å²) in [5, 5.41) is 6.40. The molecule has 0 aliphatic carbocycles. The fraction of sp³-hybridized carbons (Fsp3) is 0.333. The van der Waals surface area contributed by atoms with Crippen LogP contribution >= 0.6 is 0 Å². The normalized spacial score (nSPS) is 15.1. The third-order valence-corrected chi connectivity index (χ3v) is 4.07. The summed E-state index contributed by atoms with van der Waals surface area (Å²) < 4.78 is 0. The van der Waals surface area contributed by atoms with Crippen molar-refractivity contribution in [2.45, 2.75) is 0 Å². The van der Waals surface area contributed by atoms with Gasteiger partial charge in [0.2, 0.25) is 5.95 Å². The van der Waals surface area contributed by atoms with Crippen LogP contribution in [0.4, 0.5) is 23.1 Å². The molecular formula is C18H24N6. The van der Waals surface area contributed by atoms with Crippen LogP contribution in [0.3, 0.4) is 0 Å². The Morgan fingerprint density at radius 1 is 1.12 bits per heavy atom. The Morgan fingerprint density at radius 2 is 1.88 bits per heavy atom. The lowest BCUT2D eigenvalue weighted by molar-refractivity contribution is 0.313. The molecule has 0 unspecified atom stereocenters. The van der Waals surface area contributed by atoms with Crippen LogP contribution in [-0.4, -0.2) is 54.6 Å². The summed E-state index contributed by atoms with van der Waals surface area (Å²) in [6.07, 6.45) is 3.51. The smallest absolute Gasteiger partial charge is 0.224 e. The molecule has 24 heavy (non-hydrogen) atoms. The number of aromatic nitrogens is 2. The standard InChI is InChI=1S/C18H24N6/c1-3-9-19-18-20-10-8-17(22-18)21-15-4-6-16(7-5-15)24-13-11-23(2)12-14-24/h3-8,10H,1,9,11-14H2,2H3,(H2,19,20,21,22). The van der Waals surface area contributed by atoms with Crippen molar-refractivity contribution in [3.63, 3.8) is 0 Å². The molecule has 2 N–H and O–H groups in total. The molecule has 1 aliphatic rings. The Kier molecular flexibility index (Phi) is 5.28. The van der Waals surface area contributed by atoms with E-state index in [0.29, 0.717) is 12.5 Å². The molecule has 0 amide bonds. The lowest BCUT2D eigenvalue weighted by atomic mass is 10.2. The third kappa shape index (κ3) is 4.23. The van der Waals surface area contributed by atoms with E-state index in [1.165, 1.54) is 5.69 Å². The highest BCUT2D eigenvalue weighted by Crippen LogP contribution is 2.21. The van der Waals surface area contributed by atoms with Gasteiger partial charge < -0.3 is 20.4 Å². The summed E-state index contributed by atoms with van der Waals surface area (Å²) >= 11 is 0. The summed E-state index contributed by atoms with van der Waals surface area (Å²) in [6, 6.07) is 10.4. The van der Waals surface area contributed by atoms with Gasteiger partial charge in [-0.1, -0.05) is 6.08 Å².